The van der Waals surface area contributed by atoms with Crippen LogP contribution in [0.2, 0.25) is 0 Å². The number of ether oxygens (including phenoxy) is 2. The summed E-state index contributed by atoms with van der Waals surface area (Å²) >= 11 is 5.94. The predicted molar refractivity (Wildman–Crippen MR) is 128 cm³/mol. The summed E-state index contributed by atoms with van der Waals surface area (Å²) < 4.78 is 10.9. The zero-order chi connectivity index (χ0) is 23.6. The maximum Gasteiger partial charge on any atom is 0.407 e. The molecule has 172 valence electrons. The third kappa shape index (κ3) is 10.6. The van der Waals surface area contributed by atoms with E-state index in [0.717, 1.165) is 16.7 Å². The maximum atomic E-state index is 12.4. The highest BCUT2D eigenvalue weighted by Crippen LogP contribution is 2.22. The van der Waals surface area contributed by atoms with Crippen molar-refractivity contribution in [2.75, 3.05) is 13.2 Å². The molecule has 0 aliphatic heterocycles. The van der Waals surface area contributed by atoms with E-state index in [4.69, 9.17) is 21.1 Å². The highest BCUT2D eigenvalue weighted by molar-refractivity contribution is 6.29. The van der Waals surface area contributed by atoms with Crippen molar-refractivity contribution in [2.45, 2.75) is 59.1 Å². The molecular weight excluding hydrogens is 414 g/mol. The van der Waals surface area contributed by atoms with Gasteiger partial charge in [0.2, 0.25) is 0 Å². The fourth-order valence-corrected chi connectivity index (χ4v) is 3.22. The van der Waals surface area contributed by atoms with Gasteiger partial charge < -0.3 is 19.9 Å². The van der Waals surface area contributed by atoms with Crippen LogP contribution in [0.1, 0.15) is 52.2 Å². The molecule has 0 aliphatic carbocycles. The summed E-state index contributed by atoms with van der Waals surface area (Å²) in [5.74, 6) is 0.214. The molecule has 2 N–H and O–H groups in total. The molecule has 31 heavy (non-hydrogen) atoms. The second kappa shape index (κ2) is 12.6. The van der Waals surface area contributed by atoms with Gasteiger partial charge in [-0.15, -0.1) is 0 Å². The van der Waals surface area contributed by atoms with E-state index in [2.05, 4.69) is 18.5 Å². The Bertz CT molecular complexity index is 774. The van der Waals surface area contributed by atoms with E-state index in [1.165, 1.54) is 0 Å². The number of aliphatic hydroxyl groups is 1. The number of alkyl carbamates (subject to hydrolysis) is 1. The lowest BCUT2D eigenvalue weighted by Crippen LogP contribution is -2.41. The van der Waals surface area contributed by atoms with Crippen LogP contribution in [0, 0.1) is 5.92 Å². The second-order valence-corrected chi connectivity index (χ2v) is 9.11. The number of rotatable bonds is 11. The summed E-state index contributed by atoms with van der Waals surface area (Å²) in [5, 5.41) is 13.4. The molecule has 0 radical (unpaired) electrons. The molecule has 2 atom stereocenters. The lowest BCUT2D eigenvalue weighted by atomic mass is 9.93. The summed E-state index contributed by atoms with van der Waals surface area (Å²) in [6, 6.07) is 7.66. The Morgan fingerprint density at radius 2 is 1.87 bits per heavy atom. The smallest absolute Gasteiger partial charge is 0.407 e. The van der Waals surface area contributed by atoms with Crippen LogP contribution in [0.3, 0.4) is 0 Å². The zero-order valence-electron chi connectivity index (χ0n) is 19.3. The zero-order valence-corrected chi connectivity index (χ0v) is 20.1. The topological polar surface area (TPSA) is 67.8 Å². The van der Waals surface area contributed by atoms with Gasteiger partial charge in [0, 0.05) is 17.0 Å². The third-order valence-corrected chi connectivity index (χ3v) is 4.58. The number of aliphatic hydroxyl groups excluding tert-OH is 1. The van der Waals surface area contributed by atoms with Crippen molar-refractivity contribution < 1.29 is 19.4 Å². The lowest BCUT2D eigenvalue weighted by molar-refractivity contribution is 0.0488. The molecule has 1 aromatic carbocycles. The van der Waals surface area contributed by atoms with Gasteiger partial charge in [0.1, 0.15) is 5.60 Å². The van der Waals surface area contributed by atoms with Crippen LogP contribution in [0.4, 0.5) is 4.79 Å². The fraction of sp³-hybridized carbons (Fsp3) is 0.480. The van der Waals surface area contributed by atoms with Gasteiger partial charge >= 0.3 is 6.09 Å². The summed E-state index contributed by atoms with van der Waals surface area (Å²) in [6.07, 6.45) is 2.35. The Balaban J connectivity index is 2.99. The number of hydrogen-bond donors (Lipinski definition) is 2. The molecule has 1 rings (SSSR count). The van der Waals surface area contributed by atoms with Crippen molar-refractivity contribution in [3.8, 4) is 0 Å². The SMILES string of the molecule is C=C(C=C(C)Cl)c1ccc(CC(CC(CO)C(=C)OCC)NC(=O)OC(C)(C)C)cc1. The van der Waals surface area contributed by atoms with Crippen LogP contribution in [0.15, 0.2) is 54.3 Å². The number of allylic oxidation sites excluding steroid dienone is 3. The normalized spacial score (nSPS) is 13.8. The van der Waals surface area contributed by atoms with Crippen molar-refractivity contribution in [1.82, 2.24) is 5.32 Å². The molecule has 1 aromatic rings. The first-order valence-electron chi connectivity index (χ1n) is 10.5. The molecule has 0 heterocycles. The molecular formula is C25H36ClNO4. The average Bonchev–Trinajstić information content (AvgIpc) is 2.64. The molecule has 0 aliphatic rings. The number of hydrogen-bond acceptors (Lipinski definition) is 4. The molecule has 0 bridgehead atoms. The highest BCUT2D eigenvalue weighted by Gasteiger charge is 2.24. The monoisotopic (exact) mass is 449 g/mol. The Labute approximate surface area is 191 Å². The molecule has 5 nitrogen and oxygen atoms in total. The summed E-state index contributed by atoms with van der Waals surface area (Å²) in [6.45, 7) is 17.4. The molecule has 2 unspecified atom stereocenters. The van der Waals surface area contributed by atoms with Gasteiger partial charge in [0.25, 0.3) is 0 Å². The first-order valence-corrected chi connectivity index (χ1v) is 10.9. The van der Waals surface area contributed by atoms with Crippen molar-refractivity contribution in [1.29, 1.82) is 0 Å². The number of carbonyl (C=O) groups excluding carboxylic acids is 1. The van der Waals surface area contributed by atoms with Gasteiger partial charge in [-0.25, -0.2) is 4.79 Å². The molecule has 6 heteroatoms. The van der Waals surface area contributed by atoms with Gasteiger partial charge in [-0.2, -0.15) is 0 Å². The van der Waals surface area contributed by atoms with Crippen molar-refractivity contribution in [3.63, 3.8) is 0 Å². The van der Waals surface area contributed by atoms with Crippen molar-refractivity contribution in [3.05, 3.63) is 65.4 Å². The fourth-order valence-electron chi connectivity index (χ4n) is 3.08. The van der Waals surface area contributed by atoms with Gasteiger partial charge in [0.05, 0.1) is 19.0 Å². The minimum Gasteiger partial charge on any atom is -0.498 e. The molecule has 0 aromatic heterocycles. The van der Waals surface area contributed by atoms with Crippen LogP contribution in [-0.4, -0.2) is 36.1 Å². The highest BCUT2D eigenvalue weighted by atomic mass is 35.5. The lowest BCUT2D eigenvalue weighted by Gasteiger charge is -2.27. The number of carbonyl (C=O) groups is 1. The van der Waals surface area contributed by atoms with E-state index >= 15 is 0 Å². The molecule has 0 spiro atoms. The summed E-state index contributed by atoms with van der Waals surface area (Å²) in [5.41, 5.74) is 2.23. The second-order valence-electron chi connectivity index (χ2n) is 8.52. The first-order chi connectivity index (χ1) is 14.4. The van der Waals surface area contributed by atoms with E-state index in [1.807, 2.05) is 65.0 Å². The number of nitrogens with one attached hydrogen (secondary N) is 1. The van der Waals surface area contributed by atoms with E-state index in [9.17, 15) is 9.90 Å². The largest absolute Gasteiger partial charge is 0.498 e. The minimum atomic E-state index is -0.601. The van der Waals surface area contributed by atoms with E-state index in [1.54, 1.807) is 0 Å². The average molecular weight is 450 g/mol. The van der Waals surface area contributed by atoms with Gasteiger partial charge in [-0.1, -0.05) is 49.0 Å². The van der Waals surface area contributed by atoms with Crippen molar-refractivity contribution >= 4 is 23.3 Å². The standard InChI is InChI=1S/C25H36ClNO4/c1-8-30-19(4)22(16-28)15-23(27-24(29)31-25(5,6)7)14-20-9-11-21(12-10-20)17(2)13-18(3)26/h9-13,22-23,28H,2,4,8,14-16H2,1,3,5-7H3,(H,27,29). The molecule has 1 amide bonds. The minimum absolute atomic E-state index is 0.117. The Morgan fingerprint density at radius 3 is 2.35 bits per heavy atom. The van der Waals surface area contributed by atoms with E-state index in [0.29, 0.717) is 30.2 Å². The van der Waals surface area contributed by atoms with Gasteiger partial charge in [-0.3, -0.25) is 0 Å². The Kier molecular flexibility index (Phi) is 10.9. The predicted octanol–water partition coefficient (Wildman–Crippen LogP) is 5.83. The van der Waals surface area contributed by atoms with E-state index in [-0.39, 0.29) is 18.6 Å². The van der Waals surface area contributed by atoms with Crippen LogP contribution >= 0.6 is 11.6 Å². The van der Waals surface area contributed by atoms with Gasteiger partial charge in [-0.05, 0) is 70.2 Å². The van der Waals surface area contributed by atoms with Crippen LogP contribution < -0.4 is 5.32 Å². The molecule has 0 saturated heterocycles. The van der Waals surface area contributed by atoms with Crippen LogP contribution in [0.25, 0.3) is 5.57 Å². The first kappa shape index (κ1) is 26.8. The van der Waals surface area contributed by atoms with Gasteiger partial charge in [0.15, 0.2) is 0 Å². The quantitative estimate of drug-likeness (QED) is 0.329. The summed E-state index contributed by atoms with van der Waals surface area (Å²) in [7, 11) is 0. The number of amides is 1. The Hall–Kier alpha value is -2.24. The third-order valence-electron chi connectivity index (χ3n) is 4.48. The molecule has 0 saturated carbocycles. The van der Waals surface area contributed by atoms with E-state index < -0.39 is 11.7 Å². The summed E-state index contributed by atoms with van der Waals surface area (Å²) in [4.78, 5) is 12.4. The van der Waals surface area contributed by atoms with Crippen LogP contribution in [0.5, 0.6) is 0 Å². The number of benzene rings is 1. The Morgan fingerprint density at radius 1 is 1.26 bits per heavy atom. The molecule has 0 fully saturated rings. The maximum absolute atomic E-state index is 12.4. The van der Waals surface area contributed by atoms with Crippen molar-refractivity contribution in [2.24, 2.45) is 5.92 Å². The van der Waals surface area contributed by atoms with Crippen LogP contribution in [-0.2, 0) is 15.9 Å². The number of halogens is 1.